The lowest BCUT2D eigenvalue weighted by atomic mass is 9.97. The van der Waals surface area contributed by atoms with E-state index in [2.05, 4.69) is 57.2 Å². The molecule has 6 aromatic rings. The molecule has 0 spiro atoms. The van der Waals surface area contributed by atoms with Crippen molar-refractivity contribution in [2.45, 2.75) is 113 Å². The zero-order valence-corrected chi connectivity index (χ0v) is 49.5. The van der Waals surface area contributed by atoms with Gasteiger partial charge < -0.3 is 83.1 Å². The van der Waals surface area contributed by atoms with Crippen molar-refractivity contribution >= 4 is 97.5 Å². The molecule has 1 aliphatic heterocycles. The number of carbonyl (C=O) groups excluding carboxylic acids is 7. The van der Waals surface area contributed by atoms with Crippen LogP contribution in [-0.2, 0) is 52.8 Å². The normalized spacial score (nSPS) is 19.8. The van der Waals surface area contributed by atoms with Gasteiger partial charge in [0.05, 0.1) is 0 Å². The third-order valence-electron chi connectivity index (χ3n) is 15.0. The van der Waals surface area contributed by atoms with Crippen molar-refractivity contribution in [1.82, 2.24) is 37.2 Å². The van der Waals surface area contributed by atoms with Crippen molar-refractivity contribution in [2.24, 2.45) is 65.8 Å². The van der Waals surface area contributed by atoms with Gasteiger partial charge in [-0.3, -0.25) is 53.5 Å². The van der Waals surface area contributed by atoms with Crippen LogP contribution in [-0.4, -0.2) is 134 Å². The van der Waals surface area contributed by atoms with Gasteiger partial charge in [-0.2, -0.15) is 0 Å². The largest absolute Gasteiger partial charge is 0.370 e. The number of carbonyl (C=O) groups is 7. The highest BCUT2D eigenvalue weighted by atomic mass is 16.2. The van der Waals surface area contributed by atoms with E-state index >= 15 is 19.2 Å². The lowest BCUT2D eigenvalue weighted by Gasteiger charge is -2.28. The molecule has 26 heteroatoms. The zero-order chi connectivity index (χ0) is 63.8. The van der Waals surface area contributed by atoms with Gasteiger partial charge in [-0.25, -0.2) is 0 Å². The van der Waals surface area contributed by atoms with Crippen LogP contribution in [0.2, 0.25) is 0 Å². The summed E-state index contributed by atoms with van der Waals surface area (Å²) in [6.45, 7) is 0.167. The molecule has 6 aromatic carbocycles. The van der Waals surface area contributed by atoms with E-state index in [9.17, 15) is 14.4 Å². The number of amides is 7. The standard InChI is InChI=1S/C63H81N19O7/c64-60(65)72-27-7-17-46-53(83)76-47(18-8-28-73-61(66)67)54(84)78-49(20-10-30-75-63(70)71)56(86)80-51(35-38-22-25-41-12-2-5-15-44(41)32-38)58(88)82-52(36-39-23-26-42-13-3-6-16-45(42)33-39)59(89)81-50(34-37-21-24-40-11-1-4-14-43(40)31-37)57(87)79-48(55(85)77-46)19-9-29-74-62(68)69/h1-6,11-16,21-26,31-33,46-52H,7-10,17-20,27-30,34-36H2,(H,76,83)(H,77,85)(H,78,84)(H,79,87)(H,80,86)(H,81,89)(H,82,88)(H4,64,65,72)(H4,66,67,73)(H4,68,69,74)(H4,70,71,75)/t46-,47-,48-,49-,50-,51-,52-/m0/s1. The molecule has 0 aliphatic carbocycles. The molecule has 470 valence electrons. The van der Waals surface area contributed by atoms with Crippen molar-refractivity contribution < 1.29 is 33.6 Å². The number of benzene rings is 6. The summed E-state index contributed by atoms with van der Waals surface area (Å²) < 4.78 is 0. The average Bonchev–Trinajstić information content (AvgIpc) is 3.21. The van der Waals surface area contributed by atoms with E-state index in [1.807, 2.05) is 127 Å². The van der Waals surface area contributed by atoms with Gasteiger partial charge in [0.1, 0.15) is 42.3 Å². The van der Waals surface area contributed by atoms with Gasteiger partial charge in [-0.1, -0.05) is 127 Å². The van der Waals surface area contributed by atoms with Crippen LogP contribution < -0.4 is 83.1 Å². The quantitative estimate of drug-likeness (QED) is 0.0238. The fraction of sp³-hybridized carbons (Fsp3) is 0.349. The van der Waals surface area contributed by atoms with Gasteiger partial charge >= 0.3 is 0 Å². The number of guanidine groups is 4. The number of fused-ring (bicyclic) bond motifs is 3. The summed E-state index contributed by atoms with van der Waals surface area (Å²) in [5, 5.41) is 25.3. The molecule has 0 unspecified atom stereocenters. The number of rotatable bonds is 22. The molecule has 0 radical (unpaired) electrons. The van der Waals surface area contributed by atoms with E-state index in [0.29, 0.717) is 16.7 Å². The first-order chi connectivity index (χ1) is 42.8. The van der Waals surface area contributed by atoms with Crippen LogP contribution in [0.3, 0.4) is 0 Å². The Bertz CT molecular complexity index is 3470. The highest BCUT2D eigenvalue weighted by Gasteiger charge is 2.36. The Morgan fingerprint density at radius 2 is 0.483 bits per heavy atom. The van der Waals surface area contributed by atoms with Crippen LogP contribution >= 0.6 is 0 Å². The predicted molar refractivity (Wildman–Crippen MR) is 346 cm³/mol. The molecule has 7 rings (SSSR count). The number of hydrogen-bond donors (Lipinski definition) is 15. The summed E-state index contributed by atoms with van der Waals surface area (Å²) in [5.74, 6) is -6.50. The summed E-state index contributed by atoms with van der Waals surface area (Å²) in [7, 11) is 0. The Hall–Kier alpha value is -10.5. The Balaban J connectivity index is 1.37. The predicted octanol–water partition coefficient (Wildman–Crippen LogP) is -0.204. The van der Waals surface area contributed by atoms with E-state index in [-0.39, 0.29) is 121 Å². The molecule has 0 saturated carbocycles. The number of hydrogen-bond acceptors (Lipinski definition) is 11. The first-order valence-electron chi connectivity index (χ1n) is 29.6. The first-order valence-corrected chi connectivity index (χ1v) is 29.6. The SMILES string of the molecule is NC(N)=NCCC[C@@H]1NC(=O)[C@H](CCCN=C(N)N)NC(=O)[C@H](CCCN=C(N)N)NC(=O)[C@H](Cc2ccc3ccccc3c2)NC(=O)[C@H](Cc2ccc3ccccc3c2)NC(=O)[C@H](Cc2ccc3ccccc3c2)NC(=O)[C@H](CCCN=C(N)N)NC1=O. The Morgan fingerprint density at radius 3 is 0.708 bits per heavy atom. The smallest absolute Gasteiger partial charge is 0.243 e. The third-order valence-corrected chi connectivity index (χ3v) is 15.0. The molecular weight excluding hydrogens is 1130 g/mol. The minimum atomic E-state index is -1.41. The molecule has 1 aliphatic rings. The third kappa shape index (κ3) is 20.9. The van der Waals surface area contributed by atoms with Gasteiger partial charge in [0.25, 0.3) is 0 Å². The zero-order valence-electron chi connectivity index (χ0n) is 49.5. The van der Waals surface area contributed by atoms with Crippen molar-refractivity contribution in [2.75, 3.05) is 26.2 Å². The maximum atomic E-state index is 15.4. The maximum absolute atomic E-state index is 15.4. The van der Waals surface area contributed by atoms with Crippen molar-refractivity contribution in [1.29, 1.82) is 0 Å². The van der Waals surface area contributed by atoms with Crippen molar-refractivity contribution in [3.05, 3.63) is 144 Å². The van der Waals surface area contributed by atoms with Crippen molar-refractivity contribution in [3.63, 3.8) is 0 Å². The molecule has 1 saturated heterocycles. The topological polar surface area (TPSA) is 461 Å². The van der Waals surface area contributed by atoms with Gasteiger partial charge in [0, 0.05) is 45.4 Å². The van der Waals surface area contributed by atoms with Gasteiger partial charge in [0.2, 0.25) is 41.4 Å². The number of nitrogens with one attached hydrogen (secondary N) is 7. The number of aliphatic imine (C=N–C) groups is 4. The number of nitrogens with zero attached hydrogens (tertiary/aromatic N) is 4. The molecule has 26 nitrogen and oxygen atoms in total. The van der Waals surface area contributed by atoms with E-state index in [4.69, 9.17) is 45.9 Å². The second-order valence-electron chi connectivity index (χ2n) is 21.9. The highest BCUT2D eigenvalue weighted by molar-refractivity contribution is 5.99. The van der Waals surface area contributed by atoms with Crippen LogP contribution in [0.25, 0.3) is 32.3 Å². The van der Waals surface area contributed by atoms with E-state index in [0.717, 1.165) is 32.3 Å². The van der Waals surface area contributed by atoms with Crippen LogP contribution in [0.15, 0.2) is 147 Å². The van der Waals surface area contributed by atoms with E-state index in [1.165, 1.54) is 0 Å². The molecule has 0 aromatic heterocycles. The molecule has 7 amide bonds. The fourth-order valence-corrected chi connectivity index (χ4v) is 10.4. The van der Waals surface area contributed by atoms with Crippen LogP contribution in [0.1, 0.15) is 68.1 Å². The highest BCUT2D eigenvalue weighted by Crippen LogP contribution is 2.21. The molecule has 1 fully saturated rings. The van der Waals surface area contributed by atoms with Crippen molar-refractivity contribution in [3.8, 4) is 0 Å². The van der Waals surface area contributed by atoms with Crippen LogP contribution in [0, 0.1) is 0 Å². The lowest BCUT2D eigenvalue weighted by molar-refractivity contribution is -0.135. The van der Waals surface area contributed by atoms with Crippen LogP contribution in [0.4, 0.5) is 0 Å². The van der Waals surface area contributed by atoms with E-state index < -0.39 is 83.6 Å². The summed E-state index contributed by atoms with van der Waals surface area (Å²) >= 11 is 0. The molecule has 23 N–H and O–H groups in total. The monoisotopic (exact) mass is 1220 g/mol. The Morgan fingerprint density at radius 1 is 0.281 bits per heavy atom. The Labute approximate surface area is 515 Å². The Kier molecular flexibility index (Phi) is 24.3. The summed E-state index contributed by atoms with van der Waals surface area (Å²) in [6.07, 6.45) is -0.0347. The summed E-state index contributed by atoms with van der Waals surface area (Å²) in [6, 6.07) is 29.8. The second kappa shape index (κ2) is 32.8. The lowest BCUT2D eigenvalue weighted by Crippen LogP contribution is -2.60. The first kappa shape index (κ1) is 66.0. The fourth-order valence-electron chi connectivity index (χ4n) is 10.4. The second-order valence-corrected chi connectivity index (χ2v) is 21.9. The molecule has 7 atom stereocenters. The summed E-state index contributed by atoms with van der Waals surface area (Å²) in [5.41, 5.74) is 47.1. The average molecular weight is 1220 g/mol. The molecular formula is C63H81N19O7. The van der Waals surface area contributed by atoms with Gasteiger partial charge in [0.15, 0.2) is 23.8 Å². The molecule has 1 heterocycles. The van der Waals surface area contributed by atoms with E-state index in [1.54, 1.807) is 0 Å². The molecule has 89 heavy (non-hydrogen) atoms. The maximum Gasteiger partial charge on any atom is 0.243 e. The van der Waals surface area contributed by atoms with Gasteiger partial charge in [-0.05, 0) is 100 Å². The minimum absolute atomic E-state index is 0.0387. The molecule has 0 bridgehead atoms. The minimum Gasteiger partial charge on any atom is -0.370 e. The van der Waals surface area contributed by atoms with Crippen LogP contribution in [0.5, 0.6) is 0 Å². The van der Waals surface area contributed by atoms with Gasteiger partial charge in [-0.15, -0.1) is 0 Å². The summed E-state index contributed by atoms with van der Waals surface area (Å²) in [4.78, 5) is 122. The number of nitrogens with two attached hydrogens (primary N) is 8.